The van der Waals surface area contributed by atoms with Crippen molar-refractivity contribution in [3.8, 4) is 0 Å². The molecule has 94 valence electrons. The fourth-order valence-electron chi connectivity index (χ4n) is 1.43. The van der Waals surface area contributed by atoms with Crippen LogP contribution in [0.4, 0.5) is 0 Å². The van der Waals surface area contributed by atoms with E-state index in [0.717, 1.165) is 0 Å². The van der Waals surface area contributed by atoms with Crippen molar-refractivity contribution in [1.29, 1.82) is 0 Å². The minimum atomic E-state index is -0.530. The van der Waals surface area contributed by atoms with Gasteiger partial charge in [0.2, 0.25) is 0 Å². The van der Waals surface area contributed by atoms with E-state index in [1.807, 2.05) is 13.8 Å². The highest BCUT2D eigenvalue weighted by Gasteiger charge is 2.10. The second-order valence-corrected chi connectivity index (χ2v) is 4.17. The molecule has 1 rings (SSSR count). The Morgan fingerprint density at radius 1 is 1.59 bits per heavy atom. The van der Waals surface area contributed by atoms with Crippen molar-refractivity contribution in [2.75, 3.05) is 13.2 Å². The van der Waals surface area contributed by atoms with Crippen molar-refractivity contribution in [2.24, 2.45) is 5.92 Å². The maximum absolute atomic E-state index is 11.6. The minimum absolute atomic E-state index is 0.0813. The Bertz CT molecular complexity index is 440. The summed E-state index contributed by atoms with van der Waals surface area (Å²) in [6.07, 6.45) is 0.679. The van der Waals surface area contributed by atoms with Gasteiger partial charge in [0, 0.05) is 12.2 Å². The van der Waals surface area contributed by atoms with Gasteiger partial charge in [0.15, 0.2) is 0 Å². The van der Waals surface area contributed by atoms with Crippen molar-refractivity contribution in [3.63, 3.8) is 0 Å². The fraction of sp³-hybridized carbons (Fsp3) is 0.545. The normalized spacial score (nSPS) is 10.6. The number of H-pyrrole nitrogens is 1. The number of carbonyl (C=O) groups is 1. The molecule has 0 spiro atoms. The van der Waals surface area contributed by atoms with Crippen LogP contribution in [0.15, 0.2) is 10.9 Å². The Kier molecular flexibility index (Phi) is 4.84. The maximum Gasteiger partial charge on any atom is 0.345 e. The number of aromatic amines is 1. The average molecular weight is 239 g/mol. The molecule has 1 heterocycles. The van der Waals surface area contributed by atoms with Gasteiger partial charge in [0.05, 0.1) is 6.61 Å². The van der Waals surface area contributed by atoms with E-state index in [1.165, 1.54) is 0 Å². The number of aliphatic hydroxyl groups is 1. The van der Waals surface area contributed by atoms with Crippen molar-refractivity contribution >= 4 is 5.91 Å². The lowest BCUT2D eigenvalue weighted by Gasteiger charge is -2.06. The lowest BCUT2D eigenvalue weighted by Crippen LogP contribution is -2.30. The smallest absolute Gasteiger partial charge is 0.345 e. The Balaban J connectivity index is 2.89. The Labute approximate surface area is 99.1 Å². The van der Waals surface area contributed by atoms with Crippen molar-refractivity contribution in [1.82, 2.24) is 15.3 Å². The van der Waals surface area contributed by atoms with E-state index in [9.17, 15) is 9.59 Å². The highest BCUT2D eigenvalue weighted by Crippen LogP contribution is 2.04. The number of carbonyl (C=O) groups excluding carboxylic acids is 1. The molecule has 0 aliphatic heterocycles. The summed E-state index contributed by atoms with van der Waals surface area (Å²) in [6, 6.07) is 1.56. The Morgan fingerprint density at radius 3 is 2.88 bits per heavy atom. The predicted molar refractivity (Wildman–Crippen MR) is 62.8 cm³/mol. The molecule has 0 aliphatic rings. The fourth-order valence-corrected chi connectivity index (χ4v) is 1.43. The summed E-state index contributed by atoms with van der Waals surface area (Å²) >= 11 is 0. The number of hydrogen-bond donors (Lipinski definition) is 3. The van der Waals surface area contributed by atoms with E-state index in [1.54, 1.807) is 6.07 Å². The third-order valence-corrected chi connectivity index (χ3v) is 2.06. The standard InChI is InChI=1S/C11H17N3O3/c1-7(2)5-8-6-9(14-11(17)13-8)10(16)12-3-4-15/h6-7,15H,3-5H2,1-2H3,(H,12,16)(H,13,14,17). The minimum Gasteiger partial charge on any atom is -0.395 e. The molecule has 0 atom stereocenters. The van der Waals surface area contributed by atoms with Crippen LogP contribution in [0.25, 0.3) is 0 Å². The van der Waals surface area contributed by atoms with E-state index < -0.39 is 11.6 Å². The lowest BCUT2D eigenvalue weighted by atomic mass is 10.1. The summed E-state index contributed by atoms with van der Waals surface area (Å²) in [5.41, 5.74) is 0.240. The van der Waals surface area contributed by atoms with Crippen LogP contribution in [-0.2, 0) is 6.42 Å². The zero-order chi connectivity index (χ0) is 12.8. The molecular formula is C11H17N3O3. The second-order valence-electron chi connectivity index (χ2n) is 4.17. The first-order valence-electron chi connectivity index (χ1n) is 5.52. The van der Waals surface area contributed by atoms with Crippen LogP contribution < -0.4 is 11.0 Å². The van der Waals surface area contributed by atoms with Crippen molar-refractivity contribution < 1.29 is 9.90 Å². The zero-order valence-corrected chi connectivity index (χ0v) is 9.99. The SMILES string of the molecule is CC(C)Cc1cc(C(=O)NCCO)nc(=O)[nH]1. The number of nitrogens with zero attached hydrogens (tertiary/aromatic N) is 1. The van der Waals surface area contributed by atoms with E-state index in [-0.39, 0.29) is 18.8 Å². The summed E-state index contributed by atoms with van der Waals surface area (Å²) in [6.45, 7) is 4.04. The predicted octanol–water partition coefficient (Wildman–Crippen LogP) is -0.309. The lowest BCUT2D eigenvalue weighted by molar-refractivity contribution is 0.0939. The molecule has 0 saturated carbocycles. The molecule has 17 heavy (non-hydrogen) atoms. The van der Waals surface area contributed by atoms with Crippen LogP contribution in [0.3, 0.4) is 0 Å². The molecular weight excluding hydrogens is 222 g/mol. The third-order valence-electron chi connectivity index (χ3n) is 2.06. The van der Waals surface area contributed by atoms with Crippen molar-refractivity contribution in [3.05, 3.63) is 27.9 Å². The van der Waals surface area contributed by atoms with Crippen LogP contribution in [0, 0.1) is 5.92 Å². The molecule has 3 N–H and O–H groups in total. The molecule has 0 fully saturated rings. The number of hydrogen-bond acceptors (Lipinski definition) is 4. The topological polar surface area (TPSA) is 95.1 Å². The molecule has 0 aromatic carbocycles. The quantitative estimate of drug-likeness (QED) is 0.657. The third kappa shape index (κ3) is 4.36. The van der Waals surface area contributed by atoms with Gasteiger partial charge in [-0.3, -0.25) is 4.79 Å². The number of aromatic nitrogens is 2. The molecule has 1 aromatic heterocycles. The molecule has 0 bridgehead atoms. The van der Waals surface area contributed by atoms with Crippen LogP contribution in [0.5, 0.6) is 0 Å². The maximum atomic E-state index is 11.6. The Hall–Kier alpha value is -1.69. The molecule has 0 radical (unpaired) electrons. The molecule has 1 amide bonds. The summed E-state index contributed by atoms with van der Waals surface area (Å²) in [5, 5.41) is 11.0. The summed E-state index contributed by atoms with van der Waals surface area (Å²) in [7, 11) is 0. The van der Waals surface area contributed by atoms with Gasteiger partial charge < -0.3 is 15.4 Å². The van der Waals surface area contributed by atoms with Gasteiger partial charge in [-0.2, -0.15) is 4.98 Å². The van der Waals surface area contributed by atoms with Gasteiger partial charge in [-0.05, 0) is 18.4 Å². The van der Waals surface area contributed by atoms with Crippen LogP contribution >= 0.6 is 0 Å². The van der Waals surface area contributed by atoms with Gasteiger partial charge in [0.1, 0.15) is 5.69 Å². The summed E-state index contributed by atoms with van der Waals surface area (Å²) in [5.74, 6) is -0.0726. The first kappa shape index (κ1) is 13.4. The highest BCUT2D eigenvalue weighted by molar-refractivity contribution is 5.92. The molecule has 0 saturated heterocycles. The summed E-state index contributed by atoms with van der Waals surface area (Å²) in [4.78, 5) is 29.0. The number of nitrogens with one attached hydrogen (secondary N) is 2. The first-order valence-corrected chi connectivity index (χ1v) is 5.52. The largest absolute Gasteiger partial charge is 0.395 e. The van der Waals surface area contributed by atoms with Gasteiger partial charge in [-0.15, -0.1) is 0 Å². The van der Waals surface area contributed by atoms with E-state index >= 15 is 0 Å². The van der Waals surface area contributed by atoms with Gasteiger partial charge in [-0.25, -0.2) is 4.79 Å². The van der Waals surface area contributed by atoms with Gasteiger partial charge >= 0.3 is 5.69 Å². The van der Waals surface area contributed by atoms with E-state index in [0.29, 0.717) is 18.0 Å². The highest BCUT2D eigenvalue weighted by atomic mass is 16.3. The number of rotatable bonds is 5. The van der Waals surface area contributed by atoms with E-state index in [4.69, 9.17) is 5.11 Å². The first-order chi connectivity index (χ1) is 8.02. The van der Waals surface area contributed by atoms with Crippen molar-refractivity contribution in [2.45, 2.75) is 20.3 Å². The monoisotopic (exact) mass is 239 g/mol. The number of aliphatic hydroxyl groups excluding tert-OH is 1. The second kappa shape index (κ2) is 6.15. The molecule has 0 aliphatic carbocycles. The van der Waals surface area contributed by atoms with Crippen LogP contribution in [-0.4, -0.2) is 34.1 Å². The molecule has 1 aromatic rings. The summed E-state index contributed by atoms with van der Waals surface area (Å²) < 4.78 is 0. The van der Waals surface area contributed by atoms with Gasteiger partial charge in [0.25, 0.3) is 5.91 Å². The Morgan fingerprint density at radius 2 is 2.29 bits per heavy atom. The average Bonchev–Trinajstić information content (AvgIpc) is 2.24. The molecule has 6 nitrogen and oxygen atoms in total. The van der Waals surface area contributed by atoms with Crippen LogP contribution in [0.2, 0.25) is 0 Å². The zero-order valence-electron chi connectivity index (χ0n) is 9.99. The van der Waals surface area contributed by atoms with Gasteiger partial charge in [-0.1, -0.05) is 13.8 Å². The van der Waals surface area contributed by atoms with E-state index in [2.05, 4.69) is 15.3 Å². The van der Waals surface area contributed by atoms with Crippen LogP contribution in [0.1, 0.15) is 30.0 Å². The number of amides is 1. The molecule has 0 unspecified atom stereocenters. The molecule has 6 heteroatoms.